The van der Waals surface area contributed by atoms with Crippen LogP contribution in [0.4, 0.5) is 9.52 Å². The van der Waals surface area contributed by atoms with Crippen molar-refractivity contribution in [2.75, 3.05) is 31.4 Å². The number of aliphatic carboxylic acids is 1. The van der Waals surface area contributed by atoms with E-state index in [9.17, 15) is 33.8 Å². The van der Waals surface area contributed by atoms with E-state index in [0.717, 1.165) is 21.3 Å². The van der Waals surface area contributed by atoms with Gasteiger partial charge in [-0.1, -0.05) is 16.5 Å². The first-order chi connectivity index (χ1) is 20.3. The van der Waals surface area contributed by atoms with Gasteiger partial charge in [-0.25, -0.2) is 13.8 Å². The van der Waals surface area contributed by atoms with Gasteiger partial charge in [-0.2, -0.15) is 13.8 Å². The summed E-state index contributed by atoms with van der Waals surface area (Å²) in [5, 5.41) is 29.8. The largest absolute Gasteiger partial charge is 0.477 e. The molecule has 16 nitrogen and oxygen atoms in total. The van der Waals surface area contributed by atoms with Crippen molar-refractivity contribution >= 4 is 74.5 Å². The highest BCUT2D eigenvalue weighted by Gasteiger charge is 2.55. The quantitative estimate of drug-likeness (QED) is 0.0367. The van der Waals surface area contributed by atoms with Gasteiger partial charge < -0.3 is 31.4 Å². The molecule has 42 heavy (non-hydrogen) atoms. The molecule has 5 rings (SSSR count). The normalized spacial score (nSPS) is 19.3. The maximum atomic E-state index is 13.2. The molecule has 0 radical (unpaired) electrons. The fraction of sp³-hybridized carbons (Fsp3) is 0.364. The van der Waals surface area contributed by atoms with Crippen molar-refractivity contribution in [3.05, 3.63) is 40.7 Å². The number of fused-ring (bicyclic) bond motifs is 2. The molecule has 2 aliphatic rings. The smallest absolute Gasteiger partial charge is 0.352 e. The number of aliphatic hydroxyl groups is 1. The summed E-state index contributed by atoms with van der Waals surface area (Å²) in [6, 6.07) is -1.87. The van der Waals surface area contributed by atoms with E-state index in [1.807, 2.05) is 5.38 Å². The molecule has 5 heterocycles. The van der Waals surface area contributed by atoms with E-state index >= 15 is 0 Å². The van der Waals surface area contributed by atoms with Crippen LogP contribution in [0, 0.1) is 0 Å². The Bertz CT molecular complexity index is 1600. The van der Waals surface area contributed by atoms with Gasteiger partial charge in [-0.05, 0) is 0 Å². The molecule has 3 aromatic heterocycles. The Kier molecular flexibility index (Phi) is 8.66. The van der Waals surface area contributed by atoms with Crippen molar-refractivity contribution < 1.29 is 43.2 Å². The molecule has 2 aliphatic heterocycles. The first-order valence-electron chi connectivity index (χ1n) is 12.1. The molecule has 0 aliphatic carbocycles. The Balaban J connectivity index is 1.39. The molecule has 0 aromatic carbocycles. The van der Waals surface area contributed by atoms with Crippen LogP contribution < -0.4 is 20.9 Å². The third-order valence-corrected chi connectivity index (χ3v) is 8.98. The fourth-order valence-corrected chi connectivity index (χ4v) is 7.12. The second kappa shape index (κ2) is 12.4. The van der Waals surface area contributed by atoms with Crippen LogP contribution in [-0.2, 0) is 30.6 Å². The number of carboxylic acids is 1. The molecular formula is C22H23FN9O7S3+. The lowest BCUT2D eigenvalue weighted by Crippen LogP contribution is -2.71. The Labute approximate surface area is 247 Å². The van der Waals surface area contributed by atoms with Crippen molar-refractivity contribution in [3.63, 3.8) is 0 Å². The highest BCUT2D eigenvalue weighted by Crippen LogP contribution is 2.40. The molecule has 222 valence electrons. The van der Waals surface area contributed by atoms with E-state index in [-0.39, 0.29) is 29.0 Å². The van der Waals surface area contributed by atoms with Crippen molar-refractivity contribution in [2.45, 2.75) is 24.0 Å². The number of aliphatic hydroxyl groups excluding tert-OH is 1. The molecule has 3 aromatic rings. The van der Waals surface area contributed by atoms with E-state index in [1.165, 1.54) is 23.1 Å². The van der Waals surface area contributed by atoms with Crippen LogP contribution in [0.25, 0.3) is 4.83 Å². The number of halogens is 1. The van der Waals surface area contributed by atoms with E-state index in [0.29, 0.717) is 17.8 Å². The van der Waals surface area contributed by atoms with Crippen molar-refractivity contribution in [1.82, 2.24) is 29.3 Å². The number of carboxylic acid groups (broad SMARTS) is 1. The molecular weight excluding hydrogens is 617 g/mol. The number of anilines is 1. The molecule has 0 bridgehead atoms. The lowest BCUT2D eigenvalue weighted by molar-refractivity contribution is -0.696. The van der Waals surface area contributed by atoms with Crippen LogP contribution in [0.2, 0.25) is 0 Å². The minimum Gasteiger partial charge on any atom is -0.477 e. The van der Waals surface area contributed by atoms with Crippen LogP contribution in [0.3, 0.4) is 0 Å². The molecule has 1 saturated heterocycles. The predicted octanol–water partition coefficient (Wildman–Crippen LogP) is -1.37. The van der Waals surface area contributed by atoms with Gasteiger partial charge in [-0.15, -0.1) is 11.8 Å². The number of rotatable bonds is 13. The number of hydrogen-bond acceptors (Lipinski definition) is 13. The number of nitrogens with two attached hydrogens (primary N) is 1. The number of thioether (sulfide) groups is 1. The van der Waals surface area contributed by atoms with Crippen LogP contribution >= 0.6 is 34.6 Å². The molecule has 0 spiro atoms. The number of carbonyl (C=O) groups is 4. The number of carbonyl (C=O) groups excluding carboxylic acids is 3. The third-order valence-electron chi connectivity index (χ3n) is 6.30. The first-order valence-corrected chi connectivity index (χ1v) is 14.8. The topological polar surface area (TPSA) is 218 Å². The highest BCUT2D eigenvalue weighted by molar-refractivity contribution is 8.00. The number of imidazole rings is 1. The lowest BCUT2D eigenvalue weighted by atomic mass is 10.0. The summed E-state index contributed by atoms with van der Waals surface area (Å²) >= 11 is 3.46. The molecule has 0 unspecified atom stereocenters. The summed E-state index contributed by atoms with van der Waals surface area (Å²) in [6.07, 6.45) is 4.00. The van der Waals surface area contributed by atoms with Gasteiger partial charge in [0.25, 0.3) is 17.6 Å². The fourth-order valence-electron chi connectivity index (χ4n) is 4.58. The Hall–Kier alpha value is -4.14. The van der Waals surface area contributed by atoms with Gasteiger partial charge in [0.05, 0.1) is 6.61 Å². The number of nitrogen functional groups attached to an aromatic ring is 1. The van der Waals surface area contributed by atoms with Crippen LogP contribution in [0.5, 0.6) is 0 Å². The van der Waals surface area contributed by atoms with E-state index in [2.05, 4.69) is 25.1 Å². The maximum absolute atomic E-state index is 13.2. The van der Waals surface area contributed by atoms with E-state index in [1.54, 1.807) is 21.4 Å². The minimum atomic E-state index is -1.33. The Morgan fingerprint density at radius 3 is 2.90 bits per heavy atom. The summed E-state index contributed by atoms with van der Waals surface area (Å²) in [4.78, 5) is 60.4. The monoisotopic (exact) mass is 640 g/mol. The number of nitrogens with one attached hydrogen (secondary N) is 2. The zero-order valence-electron chi connectivity index (χ0n) is 21.4. The van der Waals surface area contributed by atoms with Gasteiger partial charge in [0, 0.05) is 28.2 Å². The third kappa shape index (κ3) is 5.40. The lowest BCUT2D eigenvalue weighted by Gasteiger charge is -2.49. The Morgan fingerprint density at radius 1 is 1.43 bits per heavy atom. The summed E-state index contributed by atoms with van der Waals surface area (Å²) in [5.74, 6) is -2.33. The standard InChI is InChI=1S/C22H22FN9O7S3/c23-1-3-39-28-13(16-27-22(24)42-29-16)17(35)26-14-19(36)32-15(21(37)38)10(8-41-20(14)32)5-30-6-12-31(2-4-40-12)18(30)11(7-33)25-9-34/h2,4,6,9,11,14,20,33H,1,3,5,7-8H2,(H4-,24,25,26,27,29,34,35,37,38)/p+1/b28-13+/t11-,14+,20+/m0/s1. The summed E-state index contributed by atoms with van der Waals surface area (Å²) in [7, 11) is 0. The van der Waals surface area contributed by atoms with Crippen molar-refractivity contribution in [1.29, 1.82) is 0 Å². The first kappa shape index (κ1) is 29.4. The van der Waals surface area contributed by atoms with Crippen molar-refractivity contribution in [3.8, 4) is 0 Å². The second-order valence-electron chi connectivity index (χ2n) is 8.78. The molecule has 3 atom stereocenters. The van der Waals surface area contributed by atoms with Crippen LogP contribution in [0.15, 0.2) is 34.2 Å². The van der Waals surface area contributed by atoms with Crippen LogP contribution in [-0.4, -0.2) is 95.8 Å². The Morgan fingerprint density at radius 2 is 2.24 bits per heavy atom. The SMILES string of the molecule is Nc1nc(/C(=N\OCCF)C(=O)N[C@@H]2C(=O)N3C(C(=O)O)=C(C[n+]4cc5sccn5c4[C@H](CO)NC=O)CS[C@H]23)ns1. The number of β-lactam (4-membered cyclic amide) rings is 1. The molecule has 3 amide bonds. The van der Waals surface area contributed by atoms with E-state index < -0.39 is 60.8 Å². The molecule has 0 saturated carbocycles. The number of alkyl halides is 1. The van der Waals surface area contributed by atoms with Gasteiger partial charge in [0.2, 0.25) is 22.8 Å². The average Bonchev–Trinajstić information content (AvgIpc) is 3.69. The summed E-state index contributed by atoms with van der Waals surface area (Å²) in [5.41, 5.74) is 5.37. The van der Waals surface area contributed by atoms with E-state index in [4.69, 9.17) is 10.6 Å². The second-order valence-corrected chi connectivity index (χ2v) is 11.6. The zero-order valence-corrected chi connectivity index (χ0v) is 23.8. The molecule has 20 heteroatoms. The van der Waals surface area contributed by atoms with Gasteiger partial charge in [-0.3, -0.25) is 19.3 Å². The number of hydrogen-bond donors (Lipinski definition) is 5. The predicted molar refractivity (Wildman–Crippen MR) is 147 cm³/mol. The van der Waals surface area contributed by atoms with Crippen molar-refractivity contribution in [2.24, 2.45) is 5.16 Å². The zero-order chi connectivity index (χ0) is 30.0. The van der Waals surface area contributed by atoms with Gasteiger partial charge >= 0.3 is 5.97 Å². The van der Waals surface area contributed by atoms with Crippen LogP contribution in [0.1, 0.15) is 17.7 Å². The molecule has 1 fully saturated rings. The average molecular weight is 641 g/mol. The minimum absolute atomic E-state index is 0.0461. The van der Waals surface area contributed by atoms with Gasteiger partial charge in [0.1, 0.15) is 49.3 Å². The number of oxime groups is 1. The number of aromatic nitrogens is 4. The number of nitrogens with zero attached hydrogens (tertiary/aromatic N) is 6. The number of amides is 3. The maximum Gasteiger partial charge on any atom is 0.352 e. The number of thiazole rings is 1. The highest BCUT2D eigenvalue weighted by atomic mass is 32.2. The summed E-state index contributed by atoms with van der Waals surface area (Å²) < 4.78 is 19.9. The summed E-state index contributed by atoms with van der Waals surface area (Å²) in [6.45, 7) is -1.63. The molecule has 6 N–H and O–H groups in total. The van der Waals surface area contributed by atoms with Gasteiger partial charge in [0.15, 0.2) is 11.2 Å².